The first kappa shape index (κ1) is 28.3. The third kappa shape index (κ3) is 6.64. The first-order valence-electron chi connectivity index (χ1n) is 13.6. The van der Waals surface area contributed by atoms with E-state index in [1.54, 1.807) is 16.7 Å². The number of rotatable bonds is 4. The van der Waals surface area contributed by atoms with Crippen molar-refractivity contribution >= 4 is 29.5 Å². The molecular weight excluding hydrogens is 496 g/mol. The maximum absolute atomic E-state index is 12.9. The Morgan fingerprint density at radius 3 is 2.26 bits per heavy atom. The molecule has 0 aromatic heterocycles. The minimum absolute atomic E-state index is 0.0422. The lowest BCUT2D eigenvalue weighted by Gasteiger charge is -2.44. The second kappa shape index (κ2) is 11.6. The predicted molar refractivity (Wildman–Crippen MR) is 151 cm³/mol. The van der Waals surface area contributed by atoms with Crippen molar-refractivity contribution in [2.75, 3.05) is 36.0 Å². The summed E-state index contributed by atoms with van der Waals surface area (Å²) in [4.78, 5) is 43.8. The predicted octanol–water partition coefficient (Wildman–Crippen LogP) is 5.10. The fourth-order valence-electron chi connectivity index (χ4n) is 5.25. The first-order chi connectivity index (χ1) is 18.4. The minimum Gasteiger partial charge on any atom is -0.445 e. The lowest BCUT2D eigenvalue weighted by Crippen LogP contribution is -2.51. The lowest BCUT2D eigenvalue weighted by molar-refractivity contribution is -0.117. The number of anilines is 2. The topological polar surface area (TPSA) is 91.4 Å². The zero-order chi connectivity index (χ0) is 28.3. The maximum Gasteiger partial charge on any atom is 0.410 e. The van der Waals surface area contributed by atoms with Crippen LogP contribution >= 0.6 is 0 Å². The number of amides is 3. The van der Waals surface area contributed by atoms with E-state index in [9.17, 15) is 14.4 Å². The van der Waals surface area contributed by atoms with E-state index >= 15 is 0 Å². The lowest BCUT2D eigenvalue weighted by atomic mass is 9.82. The Balaban J connectivity index is 1.52. The van der Waals surface area contributed by atoms with Gasteiger partial charge >= 0.3 is 12.2 Å². The Morgan fingerprint density at radius 2 is 1.64 bits per heavy atom. The van der Waals surface area contributed by atoms with E-state index in [0.29, 0.717) is 26.2 Å². The smallest absolute Gasteiger partial charge is 0.410 e. The van der Waals surface area contributed by atoms with Crippen LogP contribution in [0.1, 0.15) is 58.7 Å². The van der Waals surface area contributed by atoms with Gasteiger partial charge in [-0.05, 0) is 51.5 Å². The number of fused-ring (bicyclic) bond motifs is 1. The van der Waals surface area contributed by atoms with E-state index < -0.39 is 11.7 Å². The second-order valence-electron chi connectivity index (χ2n) is 11.4. The fourth-order valence-corrected chi connectivity index (χ4v) is 5.25. The van der Waals surface area contributed by atoms with Crippen LogP contribution in [-0.2, 0) is 20.9 Å². The molecule has 2 heterocycles. The van der Waals surface area contributed by atoms with E-state index in [4.69, 9.17) is 9.47 Å². The molecule has 0 aliphatic carbocycles. The molecule has 3 amide bonds. The van der Waals surface area contributed by atoms with Gasteiger partial charge in [0.2, 0.25) is 5.91 Å². The van der Waals surface area contributed by atoms with Gasteiger partial charge in [-0.3, -0.25) is 4.79 Å². The van der Waals surface area contributed by atoms with Gasteiger partial charge in [-0.25, -0.2) is 9.59 Å². The highest BCUT2D eigenvalue weighted by molar-refractivity contribution is 5.94. The van der Waals surface area contributed by atoms with Crippen LogP contribution in [0.3, 0.4) is 0 Å². The maximum atomic E-state index is 12.9. The van der Waals surface area contributed by atoms with Crippen molar-refractivity contribution in [3.8, 4) is 0 Å². The van der Waals surface area contributed by atoms with Gasteiger partial charge < -0.3 is 29.5 Å². The number of hydrogen-bond acceptors (Lipinski definition) is 6. The van der Waals surface area contributed by atoms with Crippen LogP contribution in [0, 0.1) is 5.92 Å². The average Bonchev–Trinajstić information content (AvgIpc) is 2.89. The molecule has 1 saturated heterocycles. The van der Waals surface area contributed by atoms with Gasteiger partial charge in [-0.1, -0.05) is 37.3 Å². The minimum atomic E-state index is -0.534. The number of hydrogen-bond donors (Lipinski definition) is 1. The largest absolute Gasteiger partial charge is 0.445 e. The Labute approximate surface area is 231 Å². The molecule has 39 heavy (non-hydrogen) atoms. The summed E-state index contributed by atoms with van der Waals surface area (Å²) in [6.45, 7) is 13.8. The van der Waals surface area contributed by atoms with Crippen molar-refractivity contribution in [3.63, 3.8) is 0 Å². The molecule has 9 nitrogen and oxygen atoms in total. The Hall–Kier alpha value is -3.75. The number of ether oxygens (including phenoxy) is 2. The number of nitrogens with one attached hydrogen (secondary N) is 1. The Bertz CT molecular complexity index is 1190. The SMILES string of the molecule is CC(=O)N1c2ccc(N3CCN(C(=O)OC(C)(C)C)CC3)cc2[C@H](NC(=O)OCc2ccccc2)[C@@H](C)[C@@H]1C. The van der Waals surface area contributed by atoms with Gasteiger partial charge in [0, 0.05) is 62.0 Å². The van der Waals surface area contributed by atoms with Crippen LogP contribution in [0.2, 0.25) is 0 Å². The summed E-state index contributed by atoms with van der Waals surface area (Å²) >= 11 is 0. The van der Waals surface area contributed by atoms with E-state index in [1.807, 2.05) is 77.1 Å². The molecule has 0 spiro atoms. The number of piperazine rings is 1. The summed E-state index contributed by atoms with van der Waals surface area (Å²) in [7, 11) is 0. The number of alkyl carbamates (subject to hydrolysis) is 1. The highest BCUT2D eigenvalue weighted by Crippen LogP contribution is 2.42. The molecule has 0 unspecified atom stereocenters. The van der Waals surface area contributed by atoms with Crippen molar-refractivity contribution in [1.82, 2.24) is 10.2 Å². The van der Waals surface area contributed by atoms with Crippen molar-refractivity contribution in [2.24, 2.45) is 5.92 Å². The van der Waals surface area contributed by atoms with Gasteiger partial charge in [-0.2, -0.15) is 0 Å². The number of carbonyl (C=O) groups excluding carboxylic acids is 3. The molecule has 2 aromatic rings. The summed E-state index contributed by atoms with van der Waals surface area (Å²) < 4.78 is 11.1. The zero-order valence-electron chi connectivity index (χ0n) is 23.8. The third-order valence-corrected chi connectivity index (χ3v) is 7.42. The monoisotopic (exact) mass is 536 g/mol. The van der Waals surface area contributed by atoms with E-state index in [-0.39, 0.29) is 36.6 Å². The summed E-state index contributed by atoms with van der Waals surface area (Å²) in [6.07, 6.45) is -0.799. The van der Waals surface area contributed by atoms with Crippen molar-refractivity contribution < 1.29 is 23.9 Å². The molecular formula is C30H40N4O5. The molecule has 1 fully saturated rings. The highest BCUT2D eigenvalue weighted by Gasteiger charge is 2.39. The van der Waals surface area contributed by atoms with Crippen LogP contribution in [0.5, 0.6) is 0 Å². The van der Waals surface area contributed by atoms with E-state index in [2.05, 4.69) is 16.3 Å². The standard InChI is InChI=1S/C30H40N4O5/c1-20-21(2)34(22(3)35)26-13-12-24(32-14-16-33(17-15-32)29(37)39-30(4,5)6)18-25(26)27(20)31-28(36)38-19-23-10-8-7-9-11-23/h7-13,18,20-21,27H,14-17,19H2,1-6H3,(H,31,36)/t20-,21-,27+/m0/s1. The molecule has 2 aromatic carbocycles. The molecule has 2 aliphatic heterocycles. The van der Waals surface area contributed by atoms with E-state index in [0.717, 1.165) is 22.5 Å². The van der Waals surface area contributed by atoms with Crippen molar-refractivity contribution in [1.29, 1.82) is 0 Å². The summed E-state index contributed by atoms with van der Waals surface area (Å²) in [5, 5.41) is 3.07. The van der Waals surface area contributed by atoms with Crippen LogP contribution in [0.4, 0.5) is 21.0 Å². The molecule has 9 heteroatoms. The summed E-state index contributed by atoms with van der Waals surface area (Å²) in [5.74, 6) is -0.0932. The van der Waals surface area contributed by atoms with Gasteiger partial charge in [0.05, 0.1) is 6.04 Å². The molecule has 4 rings (SSSR count). The van der Waals surface area contributed by atoms with Crippen LogP contribution in [-0.4, -0.2) is 60.8 Å². The van der Waals surface area contributed by atoms with Crippen molar-refractivity contribution in [2.45, 2.75) is 65.8 Å². The van der Waals surface area contributed by atoms with Crippen LogP contribution < -0.4 is 15.1 Å². The molecule has 0 saturated carbocycles. The Morgan fingerprint density at radius 1 is 0.974 bits per heavy atom. The number of carbonyl (C=O) groups is 3. The summed E-state index contributed by atoms with van der Waals surface area (Å²) in [6, 6.07) is 15.1. The molecule has 210 valence electrons. The normalized spacial score (nSPS) is 21.2. The average molecular weight is 537 g/mol. The molecule has 3 atom stereocenters. The van der Waals surface area contributed by atoms with Crippen molar-refractivity contribution in [3.05, 3.63) is 59.7 Å². The Kier molecular flexibility index (Phi) is 8.37. The number of benzene rings is 2. The van der Waals surface area contributed by atoms with Gasteiger partial charge in [-0.15, -0.1) is 0 Å². The molecule has 0 bridgehead atoms. The molecule has 0 radical (unpaired) electrons. The zero-order valence-corrected chi connectivity index (χ0v) is 23.8. The van der Waals surface area contributed by atoms with Gasteiger partial charge in [0.25, 0.3) is 0 Å². The fraction of sp³-hybridized carbons (Fsp3) is 0.500. The van der Waals surface area contributed by atoms with Gasteiger partial charge in [0.15, 0.2) is 0 Å². The molecule has 1 N–H and O–H groups in total. The number of nitrogens with zero attached hydrogens (tertiary/aromatic N) is 3. The first-order valence-corrected chi connectivity index (χ1v) is 13.6. The summed E-state index contributed by atoms with van der Waals surface area (Å²) in [5.41, 5.74) is 3.02. The third-order valence-electron chi connectivity index (χ3n) is 7.42. The second-order valence-corrected chi connectivity index (χ2v) is 11.4. The molecule has 2 aliphatic rings. The van der Waals surface area contributed by atoms with Crippen LogP contribution in [0.25, 0.3) is 0 Å². The van der Waals surface area contributed by atoms with Gasteiger partial charge in [0.1, 0.15) is 12.2 Å². The quantitative estimate of drug-likeness (QED) is 0.585. The highest BCUT2D eigenvalue weighted by atomic mass is 16.6. The van der Waals surface area contributed by atoms with E-state index in [1.165, 1.54) is 0 Å². The van der Waals surface area contributed by atoms with Crippen LogP contribution in [0.15, 0.2) is 48.5 Å².